The highest BCUT2D eigenvalue weighted by molar-refractivity contribution is 5.95. The van der Waals surface area contributed by atoms with E-state index in [0.717, 1.165) is 0 Å². The van der Waals surface area contributed by atoms with Crippen molar-refractivity contribution in [1.82, 2.24) is 9.78 Å². The molecule has 1 aromatic heterocycles. The third kappa shape index (κ3) is 1.65. The zero-order valence-electron chi connectivity index (χ0n) is 6.55. The maximum atomic E-state index is 12.0. The molecule has 0 saturated carbocycles. The lowest BCUT2D eigenvalue weighted by atomic mass is 10.3. The second-order valence-corrected chi connectivity index (χ2v) is 2.25. The van der Waals surface area contributed by atoms with Gasteiger partial charge in [-0.25, -0.2) is 0 Å². The van der Waals surface area contributed by atoms with Crippen LogP contribution in [0.5, 0.6) is 0 Å². The van der Waals surface area contributed by atoms with Crippen molar-refractivity contribution in [3.05, 3.63) is 21.9 Å². The van der Waals surface area contributed by atoms with Crippen LogP contribution in [0.3, 0.4) is 0 Å². The summed E-state index contributed by atoms with van der Waals surface area (Å²) in [5, 5.41) is 13.1. The van der Waals surface area contributed by atoms with E-state index in [4.69, 9.17) is 5.73 Å². The molecule has 1 heterocycles. The Morgan fingerprint density at radius 3 is 2.57 bits per heavy atom. The summed E-state index contributed by atoms with van der Waals surface area (Å²) in [7, 11) is 0. The molecule has 0 aliphatic rings. The summed E-state index contributed by atoms with van der Waals surface area (Å²) in [6.07, 6.45) is 0.533. The zero-order chi connectivity index (χ0) is 10.9. The van der Waals surface area contributed by atoms with Gasteiger partial charge in [-0.1, -0.05) is 0 Å². The van der Waals surface area contributed by atoms with Gasteiger partial charge in [-0.15, -0.1) is 4.68 Å². The van der Waals surface area contributed by atoms with Crippen molar-refractivity contribution in [2.75, 3.05) is 0 Å². The number of carbonyl (C=O) groups excluding carboxylic acids is 1. The molecule has 76 valence electrons. The first-order valence-corrected chi connectivity index (χ1v) is 3.25. The average molecular weight is 206 g/mol. The fraction of sp³-hybridized carbons (Fsp3) is 0.200. The van der Waals surface area contributed by atoms with Crippen LogP contribution in [0.4, 0.5) is 14.6 Å². The number of primary amides is 1. The molecule has 0 fully saturated rings. The maximum Gasteiger partial charge on any atom is 0.403 e. The van der Waals surface area contributed by atoms with E-state index in [1.807, 2.05) is 0 Å². The van der Waals surface area contributed by atoms with Crippen molar-refractivity contribution in [2.24, 2.45) is 5.73 Å². The van der Waals surface area contributed by atoms with Crippen LogP contribution in [0.25, 0.3) is 0 Å². The van der Waals surface area contributed by atoms with Gasteiger partial charge in [0.2, 0.25) is 0 Å². The van der Waals surface area contributed by atoms with E-state index in [-0.39, 0.29) is 4.68 Å². The van der Waals surface area contributed by atoms with E-state index < -0.39 is 28.8 Å². The van der Waals surface area contributed by atoms with Crippen LogP contribution in [-0.4, -0.2) is 20.6 Å². The molecule has 0 bridgehead atoms. The van der Waals surface area contributed by atoms with Gasteiger partial charge < -0.3 is 15.8 Å². The van der Waals surface area contributed by atoms with Gasteiger partial charge in [0.15, 0.2) is 5.56 Å². The summed E-state index contributed by atoms with van der Waals surface area (Å²) in [5.41, 5.74) is 4.08. The number of hydrogen-bond donors (Lipinski definition) is 1. The molecule has 0 atom stereocenters. The van der Waals surface area contributed by atoms with E-state index in [0.29, 0.717) is 6.20 Å². The van der Waals surface area contributed by atoms with Crippen LogP contribution >= 0.6 is 0 Å². The molecule has 0 aliphatic heterocycles. The molecule has 2 N–H and O–H groups in total. The minimum atomic E-state index is -3.05. The Kier molecular flexibility index (Phi) is 2.40. The first kappa shape index (κ1) is 10.0. The highest BCUT2D eigenvalue weighted by Crippen LogP contribution is 2.19. The summed E-state index contributed by atoms with van der Waals surface area (Å²) >= 11 is 0. The lowest BCUT2D eigenvalue weighted by Gasteiger charge is -1.88. The Morgan fingerprint density at radius 2 is 2.29 bits per heavy atom. The number of halogens is 2. The normalized spacial score (nSPS) is 10.5. The second kappa shape index (κ2) is 3.36. The van der Waals surface area contributed by atoms with Crippen molar-refractivity contribution in [3.63, 3.8) is 0 Å². The predicted molar refractivity (Wildman–Crippen MR) is 38.7 cm³/mol. The molecule has 14 heavy (non-hydrogen) atoms. The van der Waals surface area contributed by atoms with E-state index in [9.17, 15) is 23.7 Å². The Labute approximate surface area is 75.3 Å². The molecule has 0 spiro atoms. The molecule has 0 aromatic carbocycles. The standard InChI is InChI=1S/C5H4F2N4O3/c6-5(7)10-1-2(3(8)12)4(9-10)11(13)14/h1,5H,(H2,8,12). The first-order chi connectivity index (χ1) is 6.43. The fourth-order valence-electron chi connectivity index (χ4n) is 0.791. The monoisotopic (exact) mass is 206 g/mol. The first-order valence-electron chi connectivity index (χ1n) is 3.25. The van der Waals surface area contributed by atoms with Crippen LogP contribution in [0.1, 0.15) is 16.9 Å². The average Bonchev–Trinajstić information content (AvgIpc) is 2.47. The maximum absolute atomic E-state index is 12.0. The Morgan fingerprint density at radius 1 is 1.71 bits per heavy atom. The number of nitro groups is 1. The summed E-state index contributed by atoms with van der Waals surface area (Å²) in [6, 6.07) is 0. The molecule has 0 saturated heterocycles. The number of alkyl halides is 2. The highest BCUT2D eigenvalue weighted by atomic mass is 19.3. The van der Waals surface area contributed by atoms with Gasteiger partial charge in [-0.2, -0.15) is 8.78 Å². The third-order valence-corrected chi connectivity index (χ3v) is 1.35. The zero-order valence-corrected chi connectivity index (χ0v) is 6.55. The summed E-state index contributed by atoms with van der Waals surface area (Å²) in [6.45, 7) is -3.05. The molecular formula is C5H4F2N4O3. The minimum absolute atomic E-state index is 0.00176. The molecule has 1 amide bonds. The minimum Gasteiger partial charge on any atom is -0.365 e. The number of rotatable bonds is 3. The summed E-state index contributed by atoms with van der Waals surface area (Å²) in [5.74, 6) is -2.15. The molecule has 1 rings (SSSR count). The number of nitrogens with zero attached hydrogens (tertiary/aromatic N) is 3. The summed E-state index contributed by atoms with van der Waals surface area (Å²) in [4.78, 5) is 19.8. The topological polar surface area (TPSA) is 104 Å². The molecule has 0 radical (unpaired) electrons. The third-order valence-electron chi connectivity index (χ3n) is 1.35. The SMILES string of the molecule is NC(=O)c1cn(C(F)F)nc1[N+](=O)[O-]. The predicted octanol–water partition coefficient (Wildman–Crippen LogP) is 0.285. The van der Waals surface area contributed by atoms with Gasteiger partial charge in [0.1, 0.15) is 0 Å². The smallest absolute Gasteiger partial charge is 0.365 e. The van der Waals surface area contributed by atoms with E-state index in [2.05, 4.69) is 5.10 Å². The number of amides is 1. The van der Waals surface area contributed by atoms with Crippen LogP contribution in [0, 0.1) is 10.1 Å². The molecular weight excluding hydrogens is 202 g/mol. The quantitative estimate of drug-likeness (QED) is 0.566. The van der Waals surface area contributed by atoms with Crippen molar-refractivity contribution in [1.29, 1.82) is 0 Å². The lowest BCUT2D eigenvalue weighted by molar-refractivity contribution is -0.390. The number of carbonyl (C=O) groups is 1. The molecule has 7 nitrogen and oxygen atoms in total. The molecule has 0 aliphatic carbocycles. The van der Waals surface area contributed by atoms with Gasteiger partial charge in [0.05, 0.1) is 11.3 Å². The van der Waals surface area contributed by atoms with Crippen molar-refractivity contribution in [3.8, 4) is 0 Å². The van der Waals surface area contributed by atoms with E-state index in [1.54, 1.807) is 0 Å². The lowest BCUT2D eigenvalue weighted by Crippen LogP contribution is -2.11. The Bertz CT molecular complexity index is 357. The number of nitrogens with two attached hydrogens (primary N) is 1. The molecule has 1 aromatic rings. The van der Waals surface area contributed by atoms with Crippen molar-refractivity contribution >= 4 is 11.7 Å². The van der Waals surface area contributed by atoms with Gasteiger partial charge in [0.25, 0.3) is 5.91 Å². The highest BCUT2D eigenvalue weighted by Gasteiger charge is 2.27. The van der Waals surface area contributed by atoms with Crippen LogP contribution in [0.15, 0.2) is 6.20 Å². The molecule has 0 unspecified atom stereocenters. The second-order valence-electron chi connectivity index (χ2n) is 2.25. The number of aromatic nitrogens is 2. The Hall–Kier alpha value is -2.06. The Balaban J connectivity index is 3.26. The van der Waals surface area contributed by atoms with Crippen LogP contribution in [-0.2, 0) is 0 Å². The van der Waals surface area contributed by atoms with Crippen LogP contribution in [0.2, 0.25) is 0 Å². The van der Waals surface area contributed by atoms with Gasteiger partial charge in [-0.05, 0) is 4.92 Å². The number of hydrogen-bond acceptors (Lipinski definition) is 4. The van der Waals surface area contributed by atoms with Crippen molar-refractivity contribution < 1.29 is 18.5 Å². The van der Waals surface area contributed by atoms with E-state index >= 15 is 0 Å². The van der Waals surface area contributed by atoms with E-state index in [1.165, 1.54) is 0 Å². The van der Waals surface area contributed by atoms with Gasteiger partial charge >= 0.3 is 12.4 Å². The summed E-state index contributed by atoms with van der Waals surface area (Å²) < 4.78 is 24.0. The largest absolute Gasteiger partial charge is 0.403 e. The fourth-order valence-corrected chi connectivity index (χ4v) is 0.791. The molecule has 9 heteroatoms. The van der Waals surface area contributed by atoms with Gasteiger partial charge in [0, 0.05) is 0 Å². The van der Waals surface area contributed by atoms with Crippen molar-refractivity contribution in [2.45, 2.75) is 6.55 Å². The van der Waals surface area contributed by atoms with Gasteiger partial charge in [-0.3, -0.25) is 4.79 Å². The van der Waals surface area contributed by atoms with Crippen LogP contribution < -0.4 is 5.73 Å².